The number of fused-ring (bicyclic) bond motifs is 1. The molecule has 1 saturated heterocycles. The quantitative estimate of drug-likeness (QED) is 0.460. The molecule has 0 N–H and O–H groups in total. The Kier molecular flexibility index (Phi) is 5.44. The molecule has 3 aromatic heterocycles. The molecule has 4 aromatic rings. The molecular formula is C22H21ClN6O2S. The van der Waals surface area contributed by atoms with E-state index in [0.717, 1.165) is 21.8 Å². The minimum Gasteiger partial charge on any atom is -0.368 e. The van der Waals surface area contributed by atoms with Gasteiger partial charge in [-0.2, -0.15) is 10.2 Å². The van der Waals surface area contributed by atoms with Crippen LogP contribution in [-0.2, 0) is 11.3 Å². The number of piperazine rings is 1. The molecule has 1 aliphatic heterocycles. The van der Waals surface area contributed by atoms with E-state index < -0.39 is 0 Å². The Morgan fingerprint density at radius 3 is 2.72 bits per heavy atom. The number of hydrogen-bond acceptors (Lipinski definition) is 6. The van der Waals surface area contributed by atoms with E-state index in [1.165, 1.54) is 15.5 Å². The molecule has 1 fully saturated rings. The molecule has 164 valence electrons. The average molecular weight is 469 g/mol. The van der Waals surface area contributed by atoms with Crippen molar-refractivity contribution < 1.29 is 4.79 Å². The Balaban J connectivity index is 1.29. The topological polar surface area (TPSA) is 75.7 Å². The number of hydrogen-bond donors (Lipinski definition) is 0. The lowest BCUT2D eigenvalue weighted by molar-refractivity contribution is -0.132. The number of halogens is 1. The third-order valence-electron chi connectivity index (χ3n) is 5.69. The first-order valence-corrected chi connectivity index (χ1v) is 11.5. The molecule has 0 aliphatic carbocycles. The molecule has 1 aromatic carbocycles. The molecule has 0 radical (unpaired) electrons. The smallest absolute Gasteiger partial charge is 0.293 e. The van der Waals surface area contributed by atoms with Crippen LogP contribution in [0.5, 0.6) is 0 Å². The zero-order chi connectivity index (χ0) is 22.2. The summed E-state index contributed by atoms with van der Waals surface area (Å²) in [4.78, 5) is 30.8. The number of aromatic nitrogens is 4. The summed E-state index contributed by atoms with van der Waals surface area (Å²) in [6, 6.07) is 11.5. The van der Waals surface area contributed by atoms with E-state index in [1.54, 1.807) is 22.3 Å². The van der Waals surface area contributed by atoms with E-state index in [1.807, 2.05) is 35.7 Å². The molecule has 0 bridgehead atoms. The number of aryl methyl sites for hydroxylation is 1. The van der Waals surface area contributed by atoms with Gasteiger partial charge in [0.15, 0.2) is 0 Å². The monoisotopic (exact) mass is 468 g/mol. The van der Waals surface area contributed by atoms with Crippen LogP contribution in [0.15, 0.2) is 52.9 Å². The second-order valence-electron chi connectivity index (χ2n) is 7.73. The van der Waals surface area contributed by atoms with Crippen molar-refractivity contribution in [1.29, 1.82) is 0 Å². The van der Waals surface area contributed by atoms with Gasteiger partial charge in [-0.1, -0.05) is 23.7 Å². The molecule has 1 aliphatic rings. The summed E-state index contributed by atoms with van der Waals surface area (Å²) in [6.45, 7) is 4.54. The second kappa shape index (κ2) is 8.40. The first-order chi connectivity index (χ1) is 15.5. The highest BCUT2D eigenvalue weighted by Crippen LogP contribution is 2.25. The summed E-state index contributed by atoms with van der Waals surface area (Å²) >= 11 is 7.71. The van der Waals surface area contributed by atoms with Gasteiger partial charge in [-0.3, -0.25) is 9.59 Å². The third kappa shape index (κ3) is 3.89. The predicted octanol–water partition coefficient (Wildman–Crippen LogP) is 2.93. The van der Waals surface area contributed by atoms with Crippen LogP contribution < -0.4 is 10.5 Å². The summed E-state index contributed by atoms with van der Waals surface area (Å²) in [5, 5.41) is 11.2. The van der Waals surface area contributed by atoms with Crippen LogP contribution >= 0.6 is 22.9 Å². The summed E-state index contributed by atoms with van der Waals surface area (Å²) < 4.78 is 2.68. The maximum Gasteiger partial charge on any atom is 0.293 e. The Bertz CT molecular complexity index is 1340. The van der Waals surface area contributed by atoms with E-state index in [4.69, 9.17) is 11.6 Å². The third-order valence-corrected chi connectivity index (χ3v) is 6.82. The van der Waals surface area contributed by atoms with Crippen LogP contribution in [0.1, 0.15) is 5.56 Å². The highest BCUT2D eigenvalue weighted by molar-refractivity contribution is 7.13. The minimum atomic E-state index is -0.329. The first-order valence-electron chi connectivity index (χ1n) is 10.3. The maximum absolute atomic E-state index is 12.9. The van der Waals surface area contributed by atoms with Gasteiger partial charge >= 0.3 is 0 Å². The van der Waals surface area contributed by atoms with Crippen molar-refractivity contribution in [2.75, 3.05) is 31.1 Å². The lowest BCUT2D eigenvalue weighted by Gasteiger charge is -2.36. The van der Waals surface area contributed by atoms with Crippen molar-refractivity contribution in [1.82, 2.24) is 24.3 Å². The molecule has 4 heterocycles. The summed E-state index contributed by atoms with van der Waals surface area (Å²) in [5.41, 5.74) is 3.04. The number of carbonyl (C=O) groups is 1. The number of thiophene rings is 1. The molecule has 0 unspecified atom stereocenters. The first kappa shape index (κ1) is 20.7. The van der Waals surface area contributed by atoms with Gasteiger partial charge in [-0.05, 0) is 42.1 Å². The lowest BCUT2D eigenvalue weighted by Crippen LogP contribution is -2.50. The Hall–Kier alpha value is -3.17. The molecule has 0 spiro atoms. The van der Waals surface area contributed by atoms with Gasteiger partial charge in [-0.15, -0.1) is 11.3 Å². The lowest BCUT2D eigenvalue weighted by atomic mass is 10.1. The standard InChI is InChI=1S/C22H21ClN6O2S/c1-15-4-5-16(23)11-18(15)26-6-8-27(9-7-26)21(30)13-28-22(31)19-12-17(20-3-2-10-32-20)25-29(19)14-24-28/h2-5,10-12,14H,6-9,13H2,1H3. The van der Waals surface area contributed by atoms with E-state index in [9.17, 15) is 9.59 Å². The second-order valence-corrected chi connectivity index (χ2v) is 9.11. The minimum absolute atomic E-state index is 0.0922. The zero-order valence-electron chi connectivity index (χ0n) is 17.4. The number of benzene rings is 1. The highest BCUT2D eigenvalue weighted by atomic mass is 35.5. The zero-order valence-corrected chi connectivity index (χ0v) is 19.0. The summed E-state index contributed by atoms with van der Waals surface area (Å²) in [6.07, 6.45) is 1.47. The maximum atomic E-state index is 12.9. The van der Waals surface area contributed by atoms with Crippen molar-refractivity contribution in [3.8, 4) is 10.6 Å². The Morgan fingerprint density at radius 2 is 1.97 bits per heavy atom. The number of nitrogens with zero attached hydrogens (tertiary/aromatic N) is 6. The molecule has 10 heteroatoms. The van der Waals surface area contributed by atoms with Gasteiger partial charge in [-0.25, -0.2) is 9.20 Å². The number of rotatable bonds is 4. The van der Waals surface area contributed by atoms with Gasteiger partial charge in [0.25, 0.3) is 5.56 Å². The van der Waals surface area contributed by atoms with Crippen molar-refractivity contribution in [3.05, 3.63) is 69.0 Å². The highest BCUT2D eigenvalue weighted by Gasteiger charge is 2.23. The molecule has 0 saturated carbocycles. The van der Waals surface area contributed by atoms with Gasteiger partial charge < -0.3 is 9.80 Å². The van der Waals surface area contributed by atoms with Gasteiger partial charge in [0.1, 0.15) is 24.1 Å². The summed E-state index contributed by atoms with van der Waals surface area (Å²) in [5.74, 6) is -0.121. The van der Waals surface area contributed by atoms with Gasteiger partial charge in [0.05, 0.1) is 4.88 Å². The molecule has 32 heavy (non-hydrogen) atoms. The molecule has 1 amide bonds. The molecule has 0 atom stereocenters. The van der Waals surface area contributed by atoms with Gasteiger partial charge in [0, 0.05) is 36.9 Å². The van der Waals surface area contributed by atoms with Crippen LogP contribution in [0.2, 0.25) is 5.02 Å². The normalized spacial score (nSPS) is 14.3. The van der Waals surface area contributed by atoms with E-state index in [0.29, 0.717) is 36.7 Å². The Morgan fingerprint density at radius 1 is 1.16 bits per heavy atom. The number of amides is 1. The largest absolute Gasteiger partial charge is 0.368 e. The van der Waals surface area contributed by atoms with E-state index in [2.05, 4.69) is 22.0 Å². The fourth-order valence-electron chi connectivity index (χ4n) is 3.94. The Labute approximate surface area is 193 Å². The van der Waals surface area contributed by atoms with Crippen LogP contribution in [0.3, 0.4) is 0 Å². The van der Waals surface area contributed by atoms with Crippen LogP contribution in [-0.4, -0.2) is 56.4 Å². The van der Waals surface area contributed by atoms with Crippen LogP contribution in [0.25, 0.3) is 16.1 Å². The molecule has 8 nitrogen and oxygen atoms in total. The molecular weight excluding hydrogens is 448 g/mol. The van der Waals surface area contributed by atoms with Crippen molar-refractivity contribution >= 4 is 40.0 Å². The van der Waals surface area contributed by atoms with E-state index >= 15 is 0 Å². The predicted molar refractivity (Wildman–Crippen MR) is 126 cm³/mol. The fraction of sp³-hybridized carbons (Fsp3) is 0.273. The van der Waals surface area contributed by atoms with E-state index in [-0.39, 0.29) is 18.0 Å². The number of anilines is 1. The molecule has 5 rings (SSSR count). The van der Waals surface area contributed by atoms with Gasteiger partial charge in [0.2, 0.25) is 5.91 Å². The summed E-state index contributed by atoms with van der Waals surface area (Å²) in [7, 11) is 0. The van der Waals surface area contributed by atoms with Crippen LogP contribution in [0, 0.1) is 6.92 Å². The number of carbonyl (C=O) groups excluding carboxylic acids is 1. The SMILES string of the molecule is Cc1ccc(Cl)cc1N1CCN(C(=O)Cn2ncn3nc(-c4cccs4)cc3c2=O)CC1. The average Bonchev–Trinajstić information content (AvgIpc) is 3.48. The fourth-order valence-corrected chi connectivity index (χ4v) is 4.79. The van der Waals surface area contributed by atoms with Crippen molar-refractivity contribution in [2.45, 2.75) is 13.5 Å². The van der Waals surface area contributed by atoms with Crippen molar-refractivity contribution in [3.63, 3.8) is 0 Å². The van der Waals surface area contributed by atoms with Crippen molar-refractivity contribution in [2.24, 2.45) is 0 Å². The van der Waals surface area contributed by atoms with Crippen LogP contribution in [0.4, 0.5) is 5.69 Å².